The van der Waals surface area contributed by atoms with Gasteiger partial charge in [0, 0.05) is 29.7 Å². The summed E-state index contributed by atoms with van der Waals surface area (Å²) in [5.74, 6) is 1.07. The maximum Gasteiger partial charge on any atom is 0.106 e. The average Bonchev–Trinajstić information content (AvgIpc) is 3.28. The maximum absolute atomic E-state index is 4.70. The zero-order valence-electron chi connectivity index (χ0n) is 18.1. The lowest BCUT2D eigenvalue weighted by atomic mass is 10.0. The van der Waals surface area contributed by atoms with E-state index < -0.39 is 0 Å². The van der Waals surface area contributed by atoms with E-state index in [1.54, 1.807) is 0 Å². The Kier molecular flexibility index (Phi) is 4.47. The zero-order chi connectivity index (χ0) is 20.8. The Morgan fingerprint density at radius 1 is 0.700 bits per heavy atom. The molecule has 5 aromatic rings. The number of benzene rings is 3. The predicted octanol–water partition coefficient (Wildman–Crippen LogP) is 6.98. The Morgan fingerprint density at radius 3 is 2.17 bits per heavy atom. The van der Waals surface area contributed by atoms with Crippen molar-refractivity contribution < 1.29 is 0 Å². The van der Waals surface area contributed by atoms with E-state index in [0.29, 0.717) is 0 Å². The van der Waals surface area contributed by atoms with Gasteiger partial charge < -0.3 is 9.13 Å². The van der Waals surface area contributed by atoms with E-state index in [2.05, 4.69) is 104 Å². The third kappa shape index (κ3) is 2.93. The molecule has 0 aliphatic rings. The number of aryl methyl sites for hydroxylation is 4. The van der Waals surface area contributed by atoms with Crippen LogP contribution in [0.15, 0.2) is 66.7 Å². The molecule has 0 unspecified atom stereocenters. The predicted molar refractivity (Wildman–Crippen MR) is 127 cm³/mol. The molecule has 0 saturated heterocycles. The molecule has 150 valence electrons. The van der Waals surface area contributed by atoms with Crippen LogP contribution in [0, 0.1) is 13.8 Å². The topological polar surface area (TPSA) is 22.8 Å². The summed E-state index contributed by atoms with van der Waals surface area (Å²) in [6.45, 7) is 10.5. The molecule has 3 nitrogen and oxygen atoms in total. The second-order valence-electron chi connectivity index (χ2n) is 8.02. The number of aromatic nitrogens is 3. The van der Waals surface area contributed by atoms with Crippen LogP contribution in [0.25, 0.3) is 44.3 Å². The first kappa shape index (κ1) is 18.7. The van der Waals surface area contributed by atoms with E-state index in [0.717, 1.165) is 24.4 Å². The summed E-state index contributed by atoms with van der Waals surface area (Å²) in [5.41, 5.74) is 9.89. The highest BCUT2D eigenvalue weighted by Gasteiger charge is 2.12. The summed E-state index contributed by atoms with van der Waals surface area (Å²) >= 11 is 0. The molecule has 0 N–H and O–H groups in total. The summed E-state index contributed by atoms with van der Waals surface area (Å²) in [6, 6.07) is 24.5. The summed E-state index contributed by atoms with van der Waals surface area (Å²) in [4.78, 5) is 4.70. The van der Waals surface area contributed by atoms with Crippen LogP contribution in [0.3, 0.4) is 0 Å². The van der Waals surface area contributed by atoms with E-state index in [4.69, 9.17) is 4.98 Å². The molecule has 0 bridgehead atoms. The van der Waals surface area contributed by atoms with Crippen molar-refractivity contribution >= 4 is 21.9 Å². The van der Waals surface area contributed by atoms with E-state index in [1.807, 2.05) is 0 Å². The zero-order valence-corrected chi connectivity index (χ0v) is 18.1. The highest BCUT2D eigenvalue weighted by Crippen LogP contribution is 2.33. The molecule has 0 amide bonds. The Hall–Kier alpha value is -3.33. The fraction of sp³-hybridized carbons (Fsp3) is 0.222. The second kappa shape index (κ2) is 7.17. The molecule has 2 aromatic heterocycles. The van der Waals surface area contributed by atoms with Crippen LogP contribution in [0.5, 0.6) is 0 Å². The van der Waals surface area contributed by atoms with Gasteiger partial charge in [0.15, 0.2) is 0 Å². The molecular formula is C27H27N3. The molecular weight excluding hydrogens is 366 g/mol. The number of nitrogens with zero attached hydrogens (tertiary/aromatic N) is 3. The van der Waals surface area contributed by atoms with E-state index in [9.17, 15) is 0 Å². The molecule has 0 saturated carbocycles. The van der Waals surface area contributed by atoms with Crippen LogP contribution in [0.2, 0.25) is 0 Å². The van der Waals surface area contributed by atoms with E-state index in [1.165, 1.54) is 44.4 Å². The highest BCUT2D eigenvalue weighted by atomic mass is 15.1. The number of hydrogen-bond donors (Lipinski definition) is 0. The smallest absolute Gasteiger partial charge is 0.106 e. The Labute approximate surface area is 177 Å². The minimum absolute atomic E-state index is 0.934. The molecule has 0 fully saturated rings. The van der Waals surface area contributed by atoms with Gasteiger partial charge in [-0.25, -0.2) is 4.98 Å². The largest absolute Gasteiger partial charge is 0.341 e. The van der Waals surface area contributed by atoms with Crippen LogP contribution in [-0.2, 0) is 13.1 Å². The average molecular weight is 394 g/mol. The molecule has 0 spiro atoms. The van der Waals surface area contributed by atoms with E-state index >= 15 is 0 Å². The fourth-order valence-electron chi connectivity index (χ4n) is 4.64. The van der Waals surface area contributed by atoms with Gasteiger partial charge in [-0.3, -0.25) is 0 Å². The van der Waals surface area contributed by atoms with Gasteiger partial charge in [0.2, 0.25) is 0 Å². The van der Waals surface area contributed by atoms with Crippen molar-refractivity contribution in [2.45, 2.75) is 40.8 Å². The van der Waals surface area contributed by atoms with Crippen molar-refractivity contribution in [3.8, 4) is 22.4 Å². The maximum atomic E-state index is 4.70. The lowest BCUT2D eigenvalue weighted by molar-refractivity contribution is 0.753. The van der Waals surface area contributed by atoms with Crippen LogP contribution in [0.1, 0.15) is 25.2 Å². The summed E-state index contributed by atoms with van der Waals surface area (Å²) in [7, 11) is 0. The van der Waals surface area contributed by atoms with Gasteiger partial charge in [0.1, 0.15) is 5.82 Å². The van der Waals surface area contributed by atoms with Gasteiger partial charge in [0.05, 0.1) is 11.0 Å². The third-order valence-corrected chi connectivity index (χ3v) is 6.12. The highest BCUT2D eigenvalue weighted by molar-refractivity contribution is 5.92. The van der Waals surface area contributed by atoms with Crippen LogP contribution >= 0.6 is 0 Å². The Balaban J connectivity index is 1.67. The van der Waals surface area contributed by atoms with Crippen molar-refractivity contribution in [2.75, 3.05) is 0 Å². The van der Waals surface area contributed by atoms with Crippen molar-refractivity contribution in [1.29, 1.82) is 0 Å². The lowest BCUT2D eigenvalue weighted by Gasteiger charge is -2.10. The lowest BCUT2D eigenvalue weighted by Crippen LogP contribution is -1.97. The third-order valence-electron chi connectivity index (χ3n) is 6.12. The van der Waals surface area contributed by atoms with Gasteiger partial charge in [-0.1, -0.05) is 42.0 Å². The number of rotatable bonds is 4. The summed E-state index contributed by atoms with van der Waals surface area (Å²) in [6.07, 6.45) is 0. The Bertz CT molecular complexity index is 1380. The monoisotopic (exact) mass is 393 g/mol. The van der Waals surface area contributed by atoms with Gasteiger partial charge in [-0.2, -0.15) is 0 Å². The SMILES string of the molecule is CCn1c(-c2cccc(C)c2)cc2ccc(-c3ccc4nc(C)n(CC)c4c3)cc21. The van der Waals surface area contributed by atoms with Crippen molar-refractivity contribution in [3.63, 3.8) is 0 Å². The molecule has 0 atom stereocenters. The number of hydrogen-bond acceptors (Lipinski definition) is 1. The first-order valence-electron chi connectivity index (χ1n) is 10.8. The number of imidazole rings is 1. The van der Waals surface area contributed by atoms with Crippen molar-refractivity contribution in [3.05, 3.63) is 78.1 Å². The molecule has 0 aliphatic heterocycles. The first-order chi connectivity index (χ1) is 14.6. The number of fused-ring (bicyclic) bond motifs is 2. The minimum atomic E-state index is 0.934. The molecule has 0 aliphatic carbocycles. The van der Waals surface area contributed by atoms with E-state index in [-0.39, 0.29) is 0 Å². The fourth-order valence-corrected chi connectivity index (χ4v) is 4.64. The first-order valence-corrected chi connectivity index (χ1v) is 10.8. The minimum Gasteiger partial charge on any atom is -0.341 e. The molecule has 2 heterocycles. The molecule has 0 radical (unpaired) electrons. The van der Waals surface area contributed by atoms with Crippen LogP contribution < -0.4 is 0 Å². The normalized spacial score (nSPS) is 11.6. The molecule has 30 heavy (non-hydrogen) atoms. The van der Waals surface area contributed by atoms with Crippen LogP contribution in [0.4, 0.5) is 0 Å². The standard InChI is InChI=1S/C27H27N3/c1-5-29-19(4)28-24-13-12-21(16-27(24)29)20-10-11-23-17-26(30(6-2)25(23)15-20)22-9-7-8-18(3)14-22/h7-17H,5-6H2,1-4H3. The summed E-state index contributed by atoms with van der Waals surface area (Å²) < 4.78 is 4.70. The van der Waals surface area contributed by atoms with Gasteiger partial charge in [0.25, 0.3) is 0 Å². The molecule has 3 heteroatoms. The van der Waals surface area contributed by atoms with Crippen LogP contribution in [-0.4, -0.2) is 14.1 Å². The molecule has 3 aromatic carbocycles. The van der Waals surface area contributed by atoms with Crippen molar-refractivity contribution in [2.24, 2.45) is 0 Å². The van der Waals surface area contributed by atoms with Crippen molar-refractivity contribution in [1.82, 2.24) is 14.1 Å². The summed E-state index contributed by atoms with van der Waals surface area (Å²) in [5, 5.41) is 1.28. The van der Waals surface area contributed by atoms with Gasteiger partial charge in [-0.05, 0) is 74.7 Å². The molecule has 5 rings (SSSR count). The quantitative estimate of drug-likeness (QED) is 0.323. The Morgan fingerprint density at radius 2 is 1.43 bits per heavy atom. The second-order valence-corrected chi connectivity index (χ2v) is 8.02. The van der Waals surface area contributed by atoms with Gasteiger partial charge >= 0.3 is 0 Å². The van der Waals surface area contributed by atoms with Gasteiger partial charge in [-0.15, -0.1) is 0 Å².